The van der Waals surface area contributed by atoms with Crippen molar-refractivity contribution in [2.75, 3.05) is 30.3 Å². The summed E-state index contributed by atoms with van der Waals surface area (Å²) < 4.78 is 48.4. The highest BCUT2D eigenvalue weighted by atomic mass is 32.2. The summed E-state index contributed by atoms with van der Waals surface area (Å²) in [5.41, 5.74) is 0.785. The van der Waals surface area contributed by atoms with E-state index in [0.717, 1.165) is 9.20 Å². The molecule has 1 N–H and O–H groups in total. The number of halogens is 1. The third kappa shape index (κ3) is 8.23. The lowest BCUT2D eigenvalue weighted by atomic mass is 10.1. The predicted molar refractivity (Wildman–Crippen MR) is 160 cm³/mol. The Hall–Kier alpha value is -3.57. The van der Waals surface area contributed by atoms with Crippen LogP contribution in [0.4, 0.5) is 10.1 Å². The number of hydrogen-bond donors (Lipinski definition) is 1. The molecule has 0 heterocycles. The molecule has 0 spiro atoms. The molecule has 1 atom stereocenters. The van der Waals surface area contributed by atoms with E-state index in [1.54, 1.807) is 50.2 Å². The monoisotopic (exact) mass is 601 g/mol. The summed E-state index contributed by atoms with van der Waals surface area (Å²) >= 11 is 1.48. The molecule has 0 aliphatic heterocycles. The summed E-state index contributed by atoms with van der Waals surface area (Å²) in [5.74, 6) is -1.12. The Kier molecular flexibility index (Phi) is 11.6. The number of ether oxygens (including phenoxy) is 1. The van der Waals surface area contributed by atoms with Gasteiger partial charge in [-0.2, -0.15) is 0 Å². The normalized spacial score (nSPS) is 11.9. The van der Waals surface area contributed by atoms with Gasteiger partial charge in [0.1, 0.15) is 24.2 Å². The van der Waals surface area contributed by atoms with Crippen LogP contribution in [0.15, 0.2) is 82.6 Å². The number of amides is 2. The van der Waals surface area contributed by atoms with Gasteiger partial charge in [0.2, 0.25) is 11.8 Å². The van der Waals surface area contributed by atoms with Gasteiger partial charge in [0.15, 0.2) is 0 Å². The Morgan fingerprint density at radius 3 is 2.27 bits per heavy atom. The van der Waals surface area contributed by atoms with E-state index < -0.39 is 34.3 Å². The molecule has 220 valence electrons. The van der Waals surface area contributed by atoms with Gasteiger partial charge in [0, 0.05) is 18.0 Å². The molecule has 8 nitrogen and oxygen atoms in total. The first-order chi connectivity index (χ1) is 19.6. The molecular weight excluding hydrogens is 565 g/mol. The fourth-order valence-corrected chi connectivity index (χ4v) is 5.93. The predicted octanol–water partition coefficient (Wildman–Crippen LogP) is 5.09. The zero-order chi connectivity index (χ0) is 30.0. The minimum atomic E-state index is -4.24. The number of nitrogens with one attached hydrogen (secondary N) is 1. The molecule has 0 bridgehead atoms. The molecule has 2 amide bonds. The lowest BCUT2D eigenvalue weighted by molar-refractivity contribution is -0.139. The van der Waals surface area contributed by atoms with Gasteiger partial charge in [-0.3, -0.25) is 13.9 Å². The van der Waals surface area contributed by atoms with Crippen LogP contribution in [-0.4, -0.2) is 57.1 Å². The molecule has 11 heteroatoms. The Bertz CT molecular complexity index is 1420. The lowest BCUT2D eigenvalue weighted by Crippen LogP contribution is -2.51. The van der Waals surface area contributed by atoms with E-state index >= 15 is 0 Å². The lowest BCUT2D eigenvalue weighted by Gasteiger charge is -2.32. The minimum Gasteiger partial charge on any atom is -0.492 e. The number of hydrogen-bond acceptors (Lipinski definition) is 6. The van der Waals surface area contributed by atoms with Gasteiger partial charge in [0.05, 0.1) is 17.2 Å². The number of thioether (sulfide) groups is 1. The number of benzene rings is 3. The van der Waals surface area contributed by atoms with Crippen molar-refractivity contribution in [2.24, 2.45) is 0 Å². The molecule has 3 aromatic rings. The van der Waals surface area contributed by atoms with E-state index in [4.69, 9.17) is 4.74 Å². The van der Waals surface area contributed by atoms with Crippen molar-refractivity contribution < 1.29 is 27.1 Å². The largest absolute Gasteiger partial charge is 0.492 e. The van der Waals surface area contributed by atoms with Gasteiger partial charge < -0.3 is 15.0 Å². The van der Waals surface area contributed by atoms with E-state index in [-0.39, 0.29) is 29.6 Å². The quantitative estimate of drug-likeness (QED) is 0.259. The first-order valence-electron chi connectivity index (χ1n) is 13.3. The van der Waals surface area contributed by atoms with Crippen molar-refractivity contribution in [1.82, 2.24) is 10.2 Å². The van der Waals surface area contributed by atoms with E-state index in [9.17, 15) is 22.4 Å². The Morgan fingerprint density at radius 1 is 1.00 bits per heavy atom. The van der Waals surface area contributed by atoms with Crippen molar-refractivity contribution in [3.63, 3.8) is 0 Å². The average molecular weight is 602 g/mol. The number of nitrogens with zero attached hydrogens (tertiary/aromatic N) is 2. The molecular formula is C30H36FN3O5S2. The van der Waals surface area contributed by atoms with Gasteiger partial charge >= 0.3 is 0 Å². The van der Waals surface area contributed by atoms with Crippen molar-refractivity contribution in [2.45, 2.75) is 49.6 Å². The van der Waals surface area contributed by atoms with Crippen LogP contribution in [0, 0.1) is 5.82 Å². The van der Waals surface area contributed by atoms with E-state index in [1.807, 2.05) is 13.2 Å². The van der Waals surface area contributed by atoms with Crippen LogP contribution in [0.25, 0.3) is 0 Å². The van der Waals surface area contributed by atoms with Crippen molar-refractivity contribution >= 4 is 39.3 Å². The molecule has 0 aromatic heterocycles. The molecule has 3 rings (SSSR count). The molecule has 0 saturated carbocycles. The SMILES string of the molecule is CCCNC(=O)C(C)N(Cc1ccc(F)cc1)C(=O)CN(c1ccccc1OCC)S(=O)(=O)c1ccc(SC)cc1. The molecule has 0 aliphatic carbocycles. The van der Waals surface area contributed by atoms with Gasteiger partial charge in [0.25, 0.3) is 10.0 Å². The topological polar surface area (TPSA) is 96.0 Å². The highest BCUT2D eigenvalue weighted by molar-refractivity contribution is 7.98. The summed E-state index contributed by atoms with van der Waals surface area (Å²) in [6.45, 7) is 5.37. The van der Waals surface area contributed by atoms with Gasteiger partial charge in [-0.25, -0.2) is 12.8 Å². The second-order valence-corrected chi connectivity index (χ2v) is 11.9. The molecule has 0 aliphatic rings. The van der Waals surface area contributed by atoms with Crippen LogP contribution in [0.1, 0.15) is 32.8 Å². The van der Waals surface area contributed by atoms with Crippen LogP contribution in [0.2, 0.25) is 0 Å². The van der Waals surface area contributed by atoms with Gasteiger partial charge in [-0.15, -0.1) is 11.8 Å². The van der Waals surface area contributed by atoms with E-state index in [2.05, 4.69) is 5.32 Å². The standard InChI is InChI=1S/C30H36FN3O5S2/c1-5-19-32-30(36)22(3)33(20-23-11-13-24(31)14-12-23)29(35)21-34(27-9-7-8-10-28(27)39-6-2)41(37,38)26-17-15-25(40-4)16-18-26/h7-18,22H,5-6,19-21H2,1-4H3,(H,32,36). The zero-order valence-electron chi connectivity index (χ0n) is 23.7. The summed E-state index contributed by atoms with van der Waals surface area (Å²) in [6, 6.07) is 17.7. The number of sulfonamides is 1. The molecule has 0 fully saturated rings. The second-order valence-electron chi connectivity index (χ2n) is 9.20. The average Bonchev–Trinajstić information content (AvgIpc) is 2.98. The first kappa shape index (κ1) is 32.0. The summed E-state index contributed by atoms with van der Waals surface area (Å²) in [5, 5.41) is 2.79. The number of carbonyl (C=O) groups is 2. The zero-order valence-corrected chi connectivity index (χ0v) is 25.3. The Morgan fingerprint density at radius 2 is 1.66 bits per heavy atom. The summed E-state index contributed by atoms with van der Waals surface area (Å²) in [4.78, 5) is 29.1. The molecule has 0 radical (unpaired) electrons. The van der Waals surface area contributed by atoms with Crippen LogP contribution in [-0.2, 0) is 26.2 Å². The molecule has 3 aromatic carbocycles. The number of para-hydroxylation sites is 2. The molecule has 0 saturated heterocycles. The maximum absolute atomic E-state index is 14.1. The first-order valence-corrected chi connectivity index (χ1v) is 16.0. The fourth-order valence-electron chi connectivity index (χ4n) is 4.09. The van der Waals surface area contributed by atoms with Gasteiger partial charge in [-0.05, 0) is 80.6 Å². The van der Waals surface area contributed by atoms with Crippen molar-refractivity contribution in [3.8, 4) is 5.75 Å². The number of carbonyl (C=O) groups excluding carboxylic acids is 2. The van der Waals surface area contributed by atoms with Crippen LogP contribution in [0.5, 0.6) is 5.75 Å². The van der Waals surface area contributed by atoms with Crippen molar-refractivity contribution in [1.29, 1.82) is 0 Å². The van der Waals surface area contributed by atoms with Crippen LogP contribution < -0.4 is 14.4 Å². The van der Waals surface area contributed by atoms with Crippen LogP contribution in [0.3, 0.4) is 0 Å². The van der Waals surface area contributed by atoms with Crippen molar-refractivity contribution in [3.05, 3.63) is 84.2 Å². The maximum Gasteiger partial charge on any atom is 0.264 e. The highest BCUT2D eigenvalue weighted by Crippen LogP contribution is 2.33. The molecule has 41 heavy (non-hydrogen) atoms. The fraction of sp³-hybridized carbons (Fsp3) is 0.333. The Labute approximate surface area is 245 Å². The number of anilines is 1. The third-order valence-electron chi connectivity index (χ3n) is 6.34. The minimum absolute atomic E-state index is 0.00761. The summed E-state index contributed by atoms with van der Waals surface area (Å²) in [7, 11) is -4.24. The third-order valence-corrected chi connectivity index (χ3v) is 8.86. The van der Waals surface area contributed by atoms with Gasteiger partial charge in [-0.1, -0.05) is 31.2 Å². The second kappa shape index (κ2) is 14.9. The Balaban J connectivity index is 2.07. The summed E-state index contributed by atoms with van der Waals surface area (Å²) in [6.07, 6.45) is 2.60. The maximum atomic E-state index is 14.1. The smallest absolute Gasteiger partial charge is 0.264 e. The number of rotatable bonds is 14. The van der Waals surface area contributed by atoms with Crippen LogP contribution >= 0.6 is 11.8 Å². The molecule has 1 unspecified atom stereocenters. The van der Waals surface area contributed by atoms with E-state index in [1.165, 1.54) is 53.1 Å². The van der Waals surface area contributed by atoms with E-state index in [0.29, 0.717) is 24.3 Å². The highest BCUT2D eigenvalue weighted by Gasteiger charge is 2.33.